The van der Waals surface area contributed by atoms with Gasteiger partial charge in [0.25, 0.3) is 0 Å². The third-order valence-electron chi connectivity index (χ3n) is 13.7. The molecule has 372 valence electrons. The number of para-hydroxylation sites is 3. The van der Waals surface area contributed by atoms with Crippen LogP contribution in [0, 0.1) is 5.41 Å². The van der Waals surface area contributed by atoms with E-state index in [1.165, 1.54) is 79.2 Å². The molecular formula is C63H46I2N6O2S3. The van der Waals surface area contributed by atoms with Crippen LogP contribution in [0.3, 0.4) is 0 Å². The van der Waals surface area contributed by atoms with Crippen LogP contribution in [0.25, 0.3) is 126 Å². The van der Waals surface area contributed by atoms with E-state index in [4.69, 9.17) is 5.41 Å². The zero-order chi connectivity index (χ0) is 51.5. The highest BCUT2D eigenvalue weighted by atomic mass is 127. The summed E-state index contributed by atoms with van der Waals surface area (Å²) in [5.41, 5.74) is 6.94. The Balaban J connectivity index is 0.000000119. The summed E-state index contributed by atoms with van der Waals surface area (Å²) in [6.45, 7) is 3.04. The molecular weight excluding hydrogens is 1220 g/mol. The average molecular weight is 1270 g/mol. The second kappa shape index (κ2) is 21.1. The molecule has 0 aliphatic rings. The van der Waals surface area contributed by atoms with Crippen LogP contribution in [0.4, 0.5) is 0 Å². The maximum Gasteiger partial charge on any atom is 0.382 e. The lowest BCUT2D eigenvalue weighted by Gasteiger charge is -2.15. The van der Waals surface area contributed by atoms with Gasteiger partial charge in [-0.1, -0.05) is 132 Å². The van der Waals surface area contributed by atoms with Crippen LogP contribution in [-0.2, 0) is 16.6 Å². The first-order valence-corrected chi connectivity index (χ1v) is 28.9. The normalized spacial score (nSPS) is 12.0. The Morgan fingerprint density at radius 1 is 0.474 bits per heavy atom. The van der Waals surface area contributed by atoms with Crippen LogP contribution in [0.1, 0.15) is 13.8 Å². The Hall–Kier alpha value is -7.15. The molecule has 8 nitrogen and oxygen atoms in total. The predicted molar refractivity (Wildman–Crippen MR) is 328 cm³/mol. The van der Waals surface area contributed by atoms with Crippen LogP contribution >= 0.6 is 56.6 Å². The molecule has 0 aliphatic heterocycles. The second-order valence-electron chi connectivity index (χ2n) is 18.2. The van der Waals surface area contributed by atoms with Gasteiger partial charge in [0.2, 0.25) is 11.3 Å². The molecule has 0 fully saturated rings. The van der Waals surface area contributed by atoms with E-state index in [1.54, 1.807) is 40.9 Å². The summed E-state index contributed by atoms with van der Waals surface area (Å²) < 4.78 is 9.57. The number of amides is 2. The van der Waals surface area contributed by atoms with Gasteiger partial charge in [0.1, 0.15) is 0 Å². The highest BCUT2D eigenvalue weighted by Gasteiger charge is 2.17. The van der Waals surface area contributed by atoms with Gasteiger partial charge in [0.15, 0.2) is 0 Å². The third kappa shape index (κ3) is 8.77. The number of hydrogen-bond acceptors (Lipinski definition) is 6. The number of nitrogens with zero attached hydrogens (tertiary/aromatic N) is 2. The number of alkyl halides is 1. The van der Waals surface area contributed by atoms with Gasteiger partial charge in [0, 0.05) is 124 Å². The number of halogens is 2. The van der Waals surface area contributed by atoms with Crippen molar-refractivity contribution in [1.29, 1.82) is 5.41 Å². The largest absolute Gasteiger partial charge is 1.00 e. The molecule has 15 rings (SSSR count). The summed E-state index contributed by atoms with van der Waals surface area (Å²) in [6.07, 6.45) is 0. The van der Waals surface area contributed by atoms with Crippen molar-refractivity contribution in [2.75, 3.05) is 4.93 Å². The molecule has 13 heteroatoms. The summed E-state index contributed by atoms with van der Waals surface area (Å²) in [5.74, 6) is -0.230. The van der Waals surface area contributed by atoms with Crippen molar-refractivity contribution < 1.29 is 38.6 Å². The van der Waals surface area contributed by atoms with E-state index in [0.717, 1.165) is 64.4 Å². The van der Waals surface area contributed by atoms with Crippen LogP contribution in [-0.4, -0.2) is 31.3 Å². The molecule has 0 saturated heterocycles. The van der Waals surface area contributed by atoms with Crippen molar-refractivity contribution in [2.24, 2.45) is 12.0 Å². The SMILES string of the molecule is CC(=O)N=c1cccc2sc3c4ccccc4[nH]c4cccc(c12)c43.CC(=O)[NH+]=c1cccc2sc3c4ccccc4n(C)c4cccc(c12)c34.CI.N=c1cccc2sc3c4ccccc4[nH]c4cccc(c12)c43.[I-]. The minimum atomic E-state index is -0.179. The number of H-pyrrole nitrogens is 2. The Labute approximate surface area is 477 Å². The first kappa shape index (κ1) is 51.0. The molecule has 4 N–H and O–H groups in total. The van der Waals surface area contributed by atoms with E-state index in [0.29, 0.717) is 5.36 Å². The Kier molecular flexibility index (Phi) is 14.2. The smallest absolute Gasteiger partial charge is 0.382 e. The first-order valence-electron chi connectivity index (χ1n) is 24.3. The van der Waals surface area contributed by atoms with E-state index in [2.05, 4.69) is 194 Å². The Morgan fingerprint density at radius 3 is 1.51 bits per heavy atom. The zero-order valence-corrected chi connectivity index (χ0v) is 48.3. The maximum absolute atomic E-state index is 11.7. The quantitative estimate of drug-likeness (QED) is 0.0523. The van der Waals surface area contributed by atoms with Gasteiger partial charge in [-0.25, -0.2) is 9.79 Å². The fraction of sp³-hybridized carbons (Fsp3) is 0.0635. The molecule has 76 heavy (non-hydrogen) atoms. The van der Waals surface area contributed by atoms with Crippen LogP contribution in [0.2, 0.25) is 0 Å². The first-order chi connectivity index (χ1) is 36.7. The van der Waals surface area contributed by atoms with E-state index >= 15 is 0 Å². The lowest BCUT2D eigenvalue weighted by atomic mass is 10.0. The number of carbonyl (C=O) groups excluding carboxylic acids is 2. The summed E-state index contributed by atoms with van der Waals surface area (Å²) >= 11 is 7.47. The fourth-order valence-corrected chi connectivity index (χ4v) is 14.6. The summed E-state index contributed by atoms with van der Waals surface area (Å²) in [6, 6.07) is 62.4. The number of benzene rings is 9. The number of aromatic amines is 2. The number of carbonyl (C=O) groups is 2. The van der Waals surface area contributed by atoms with Crippen molar-refractivity contribution in [3.05, 3.63) is 198 Å². The molecule has 2 amide bonds. The topological polar surface area (TPSA) is 121 Å². The number of fused-ring (bicyclic) bond motifs is 12. The summed E-state index contributed by atoms with van der Waals surface area (Å²) in [5, 5.41) is 24.6. The molecule has 6 heterocycles. The van der Waals surface area contributed by atoms with Crippen LogP contribution < -0.4 is 45.0 Å². The van der Waals surface area contributed by atoms with E-state index in [-0.39, 0.29) is 35.8 Å². The van der Waals surface area contributed by atoms with Gasteiger partial charge in [-0.2, -0.15) is 4.99 Å². The third-order valence-corrected chi connectivity index (χ3v) is 17.3. The summed E-state index contributed by atoms with van der Waals surface area (Å²) in [7, 11) is 2.12. The molecule has 0 aliphatic carbocycles. The summed E-state index contributed by atoms with van der Waals surface area (Å²) in [4.78, 5) is 39.6. The number of pyridine rings is 3. The molecule has 6 aromatic heterocycles. The second-order valence-corrected chi connectivity index (χ2v) is 21.3. The molecule has 0 bridgehead atoms. The van der Waals surface area contributed by atoms with Gasteiger partial charge >= 0.3 is 5.91 Å². The molecule has 0 saturated carbocycles. The van der Waals surface area contributed by atoms with Gasteiger partial charge in [0.05, 0.1) is 28.5 Å². The molecule has 0 atom stereocenters. The highest BCUT2D eigenvalue weighted by molar-refractivity contribution is 14.1. The Morgan fingerprint density at radius 2 is 0.908 bits per heavy atom. The molecule has 9 aromatic carbocycles. The Bertz CT molecular complexity index is 5060. The van der Waals surface area contributed by atoms with Gasteiger partial charge in [-0.3, -0.25) is 4.79 Å². The molecule has 0 unspecified atom stereocenters. The molecule has 15 aromatic rings. The van der Waals surface area contributed by atoms with E-state index < -0.39 is 0 Å². The van der Waals surface area contributed by atoms with Crippen molar-refractivity contribution in [1.82, 2.24) is 14.5 Å². The van der Waals surface area contributed by atoms with Gasteiger partial charge in [-0.15, -0.1) is 34.0 Å². The minimum Gasteiger partial charge on any atom is -1.00 e. The van der Waals surface area contributed by atoms with E-state index in [1.807, 2.05) is 47.4 Å². The number of hydrogen-bond donors (Lipinski definition) is 4. The average Bonchev–Trinajstić information content (AvgIpc) is 3.56. The number of nitrogens with one attached hydrogen (secondary N) is 4. The standard InChI is InChI=1S/C22H16N2OS.C21H14N2OS.C19H12N2S.CH3I.HI/c1-13(25)23-16-9-6-12-19-20(16)15-8-5-11-18-21(15)22(26-19)14-7-3-4-10-17(14)24(18)2;1-12(24)22-16-10-5-11-18-19(16)14-7-4-9-17-20(14)21(25-18)13-6-2-3-8-15(13)23-17;20-13-7-4-10-16-17(13)12-6-3-9-15-18(12)19(22-16)11-5-1-2-8-14(11)21-15;1-2;/h3-12H,1-2H3;2-11,23H,1H3;1-10,20-21H;1H3;1H. The van der Waals surface area contributed by atoms with Crippen LogP contribution in [0.5, 0.6) is 0 Å². The van der Waals surface area contributed by atoms with Crippen molar-refractivity contribution in [3.63, 3.8) is 0 Å². The molecule has 0 radical (unpaired) electrons. The lowest BCUT2D eigenvalue weighted by Crippen LogP contribution is -3.00. The molecule has 0 spiro atoms. The number of rotatable bonds is 0. The predicted octanol–water partition coefficient (Wildman–Crippen LogP) is 11.6. The van der Waals surface area contributed by atoms with Crippen LogP contribution in [0.15, 0.2) is 187 Å². The minimum absolute atomic E-state index is 0. The monoisotopic (exact) mass is 1270 g/mol. The lowest BCUT2D eigenvalue weighted by molar-refractivity contribution is -0.413. The highest BCUT2D eigenvalue weighted by Crippen LogP contribution is 2.42. The van der Waals surface area contributed by atoms with E-state index in [9.17, 15) is 9.59 Å². The van der Waals surface area contributed by atoms with Crippen molar-refractivity contribution in [2.45, 2.75) is 13.8 Å². The fourth-order valence-electron chi connectivity index (χ4n) is 10.7. The van der Waals surface area contributed by atoms with Crippen molar-refractivity contribution >= 4 is 194 Å². The number of aromatic nitrogens is 3. The zero-order valence-electron chi connectivity index (χ0n) is 41.5. The van der Waals surface area contributed by atoms with Gasteiger partial charge < -0.3 is 43.9 Å². The van der Waals surface area contributed by atoms with Crippen molar-refractivity contribution in [3.8, 4) is 0 Å². The maximum atomic E-state index is 11.7. The van der Waals surface area contributed by atoms with Gasteiger partial charge in [-0.05, 0) is 82.4 Å². The number of aryl methyl sites for hydroxylation is 1.